The maximum Gasteiger partial charge on any atom is 0.208 e. The van der Waals surface area contributed by atoms with E-state index >= 15 is 0 Å². The summed E-state index contributed by atoms with van der Waals surface area (Å²) >= 11 is 11.9. The Hall–Kier alpha value is -1.44. The van der Waals surface area contributed by atoms with Crippen LogP contribution in [0.15, 0.2) is 52.4 Å². The van der Waals surface area contributed by atoms with Gasteiger partial charge >= 0.3 is 0 Å². The van der Waals surface area contributed by atoms with Gasteiger partial charge < -0.3 is 9.72 Å². The van der Waals surface area contributed by atoms with Crippen LogP contribution < -0.4 is 4.74 Å². The third-order valence-electron chi connectivity index (χ3n) is 4.99. The summed E-state index contributed by atoms with van der Waals surface area (Å²) in [6.45, 7) is 3.66. The molecule has 1 aliphatic heterocycles. The number of fused-ring (bicyclic) bond motifs is 1. The molecule has 0 amide bonds. The van der Waals surface area contributed by atoms with E-state index < -0.39 is 9.84 Å². The summed E-state index contributed by atoms with van der Waals surface area (Å²) < 4.78 is 32.1. The molecule has 4 rings (SSSR count). The lowest BCUT2D eigenvalue weighted by atomic mass is 10.2. The molecule has 0 spiro atoms. The second-order valence-electron chi connectivity index (χ2n) is 6.81. The summed E-state index contributed by atoms with van der Waals surface area (Å²) in [6.07, 6.45) is 3.97. The van der Waals surface area contributed by atoms with Gasteiger partial charge in [-0.15, -0.1) is 12.4 Å². The van der Waals surface area contributed by atoms with Gasteiger partial charge in [0.05, 0.1) is 25.4 Å². The molecule has 0 aliphatic carbocycles. The molecule has 2 aromatic carbocycles. The number of aromatic nitrogens is 1. The van der Waals surface area contributed by atoms with E-state index in [2.05, 4.69) is 9.88 Å². The molecule has 2 heterocycles. The number of nitrogens with one attached hydrogen (secondary N) is 1. The number of nitrogens with zero attached hydrogens (tertiary/aromatic N) is 1. The van der Waals surface area contributed by atoms with Gasteiger partial charge in [0, 0.05) is 18.1 Å². The maximum atomic E-state index is 13.1. The van der Waals surface area contributed by atoms with Crippen molar-refractivity contribution in [3.63, 3.8) is 0 Å². The largest absolute Gasteiger partial charge is 0.490 e. The van der Waals surface area contributed by atoms with Crippen molar-refractivity contribution in [1.29, 1.82) is 0 Å². The molecule has 1 aliphatic rings. The molecule has 1 fully saturated rings. The molecule has 0 atom stereocenters. The number of hydrogen-bond acceptors (Lipinski definition) is 4. The number of halogens is 3. The van der Waals surface area contributed by atoms with Crippen molar-refractivity contribution in [3.8, 4) is 5.75 Å². The Labute approximate surface area is 186 Å². The second-order valence-corrected chi connectivity index (χ2v) is 9.54. The first-order valence-electron chi connectivity index (χ1n) is 9.12. The molecule has 0 bridgehead atoms. The monoisotopic (exact) mass is 474 g/mol. The van der Waals surface area contributed by atoms with Crippen molar-refractivity contribution in [3.05, 3.63) is 52.6 Å². The first kappa shape index (κ1) is 22.2. The van der Waals surface area contributed by atoms with Crippen LogP contribution in [0.2, 0.25) is 10.0 Å². The minimum atomic E-state index is -3.75. The lowest BCUT2D eigenvalue weighted by Crippen LogP contribution is -2.25. The fourth-order valence-electron chi connectivity index (χ4n) is 3.51. The van der Waals surface area contributed by atoms with E-state index in [0.717, 1.165) is 19.6 Å². The van der Waals surface area contributed by atoms with Gasteiger partial charge in [0.1, 0.15) is 12.4 Å². The number of likely N-dealkylation sites (tertiary alicyclic amines) is 1. The third-order valence-corrected chi connectivity index (χ3v) is 7.52. The Morgan fingerprint density at radius 2 is 1.83 bits per heavy atom. The molecule has 0 saturated carbocycles. The zero-order valence-electron chi connectivity index (χ0n) is 15.5. The molecule has 156 valence electrons. The molecule has 29 heavy (non-hydrogen) atoms. The number of aromatic amines is 1. The van der Waals surface area contributed by atoms with Crippen LogP contribution in [0.25, 0.3) is 10.9 Å². The van der Waals surface area contributed by atoms with Gasteiger partial charge in [-0.1, -0.05) is 35.3 Å². The third kappa shape index (κ3) is 4.52. The predicted octanol–water partition coefficient (Wildman–Crippen LogP) is 5.20. The maximum absolute atomic E-state index is 13.1. The highest BCUT2D eigenvalue weighted by atomic mass is 35.5. The van der Waals surface area contributed by atoms with E-state index in [1.165, 1.54) is 37.2 Å². The van der Waals surface area contributed by atoms with E-state index in [4.69, 9.17) is 27.9 Å². The average Bonchev–Trinajstić information content (AvgIpc) is 3.34. The van der Waals surface area contributed by atoms with E-state index in [1.807, 2.05) is 6.07 Å². The number of sulfone groups is 1. The fourth-order valence-corrected chi connectivity index (χ4v) is 5.32. The topological polar surface area (TPSA) is 62.4 Å². The standard InChI is InChI=1S/C20H20Cl2N2O3S.ClH/c21-16-7-6-14(12-17(16)22)28(25,26)19-13-23-20-15(19)4-3-5-18(20)27-11-10-24-8-1-2-9-24;/h3-7,12-13,23H,1-2,8-11H2;1H. The number of benzene rings is 2. The molecule has 0 unspecified atom stereocenters. The van der Waals surface area contributed by atoms with Crippen LogP contribution in [0, 0.1) is 0 Å². The zero-order chi connectivity index (χ0) is 19.7. The van der Waals surface area contributed by atoms with Crippen LogP contribution in [0.4, 0.5) is 0 Å². The van der Waals surface area contributed by atoms with E-state index in [1.54, 1.807) is 12.1 Å². The second kappa shape index (κ2) is 9.14. The van der Waals surface area contributed by atoms with Crippen molar-refractivity contribution in [2.24, 2.45) is 0 Å². The van der Waals surface area contributed by atoms with E-state index in [9.17, 15) is 8.42 Å². The lowest BCUT2D eigenvalue weighted by molar-refractivity contribution is 0.239. The lowest BCUT2D eigenvalue weighted by Gasteiger charge is -2.15. The summed E-state index contributed by atoms with van der Waals surface area (Å²) in [6, 6.07) is 9.73. The summed E-state index contributed by atoms with van der Waals surface area (Å²) in [7, 11) is -3.75. The van der Waals surface area contributed by atoms with Crippen molar-refractivity contribution in [1.82, 2.24) is 9.88 Å². The van der Waals surface area contributed by atoms with Gasteiger partial charge in [0.2, 0.25) is 9.84 Å². The predicted molar refractivity (Wildman–Crippen MR) is 119 cm³/mol. The van der Waals surface area contributed by atoms with Crippen molar-refractivity contribution in [2.45, 2.75) is 22.6 Å². The Balaban J connectivity index is 0.00000240. The minimum absolute atomic E-state index is 0. The van der Waals surface area contributed by atoms with Gasteiger partial charge in [-0.25, -0.2) is 8.42 Å². The number of ether oxygens (including phenoxy) is 1. The Morgan fingerprint density at radius 3 is 2.55 bits per heavy atom. The average molecular weight is 476 g/mol. The van der Waals surface area contributed by atoms with Crippen LogP contribution >= 0.6 is 35.6 Å². The van der Waals surface area contributed by atoms with Gasteiger partial charge in [-0.05, 0) is 50.2 Å². The molecule has 1 saturated heterocycles. The smallest absolute Gasteiger partial charge is 0.208 e. The van der Waals surface area contributed by atoms with Crippen molar-refractivity contribution >= 4 is 56.3 Å². The molecular formula is C20H21Cl3N2O3S. The summed E-state index contributed by atoms with van der Waals surface area (Å²) in [5, 5.41) is 1.10. The molecule has 1 aromatic heterocycles. The first-order chi connectivity index (χ1) is 13.5. The molecular weight excluding hydrogens is 455 g/mol. The van der Waals surface area contributed by atoms with Gasteiger partial charge in [-0.3, -0.25) is 4.90 Å². The number of rotatable bonds is 6. The molecule has 3 aromatic rings. The fraction of sp³-hybridized carbons (Fsp3) is 0.300. The molecule has 9 heteroatoms. The van der Waals surface area contributed by atoms with Crippen LogP contribution in [0.1, 0.15) is 12.8 Å². The van der Waals surface area contributed by atoms with E-state index in [-0.39, 0.29) is 27.2 Å². The summed E-state index contributed by atoms with van der Waals surface area (Å²) in [5.41, 5.74) is 0.669. The Morgan fingerprint density at radius 1 is 1.07 bits per heavy atom. The highest BCUT2D eigenvalue weighted by molar-refractivity contribution is 7.91. The highest BCUT2D eigenvalue weighted by Gasteiger charge is 2.23. The number of para-hydroxylation sites is 1. The van der Waals surface area contributed by atoms with Crippen LogP contribution in [-0.2, 0) is 9.84 Å². The van der Waals surface area contributed by atoms with Gasteiger partial charge in [0.15, 0.2) is 0 Å². The van der Waals surface area contributed by atoms with E-state index in [0.29, 0.717) is 28.3 Å². The minimum Gasteiger partial charge on any atom is -0.490 e. The Bertz CT molecular complexity index is 1110. The number of hydrogen-bond donors (Lipinski definition) is 1. The van der Waals surface area contributed by atoms with Crippen molar-refractivity contribution in [2.75, 3.05) is 26.2 Å². The number of H-pyrrole nitrogens is 1. The van der Waals surface area contributed by atoms with Crippen LogP contribution in [-0.4, -0.2) is 44.5 Å². The zero-order valence-corrected chi connectivity index (χ0v) is 18.7. The summed E-state index contributed by atoms with van der Waals surface area (Å²) in [4.78, 5) is 5.72. The molecule has 1 N–H and O–H groups in total. The highest BCUT2D eigenvalue weighted by Crippen LogP contribution is 2.34. The Kier molecular flexibility index (Phi) is 7.02. The summed E-state index contributed by atoms with van der Waals surface area (Å²) in [5.74, 6) is 0.646. The SMILES string of the molecule is Cl.O=S(=O)(c1ccc(Cl)c(Cl)c1)c1c[nH]c2c(OCCN3CCCC3)cccc12. The quantitative estimate of drug-likeness (QED) is 0.532. The first-order valence-corrected chi connectivity index (χ1v) is 11.4. The van der Waals surface area contributed by atoms with Gasteiger partial charge in [0.25, 0.3) is 0 Å². The van der Waals surface area contributed by atoms with Crippen LogP contribution in [0.5, 0.6) is 5.75 Å². The molecule has 5 nitrogen and oxygen atoms in total. The van der Waals surface area contributed by atoms with Gasteiger partial charge in [-0.2, -0.15) is 0 Å². The van der Waals surface area contributed by atoms with Crippen LogP contribution in [0.3, 0.4) is 0 Å². The molecule has 0 radical (unpaired) electrons. The normalized spacial score (nSPS) is 14.8. The van der Waals surface area contributed by atoms with Crippen molar-refractivity contribution < 1.29 is 13.2 Å².